The molecule has 1 fully saturated rings. The van der Waals surface area contributed by atoms with E-state index >= 15 is 0 Å². The molecule has 128 valence electrons. The summed E-state index contributed by atoms with van der Waals surface area (Å²) in [6.07, 6.45) is 1.62. The van der Waals surface area contributed by atoms with Gasteiger partial charge in [-0.05, 0) is 51.6 Å². The molecule has 0 aromatic heterocycles. The number of piperidine rings is 1. The minimum atomic E-state index is -0.110. The van der Waals surface area contributed by atoms with Crippen LogP contribution in [-0.4, -0.2) is 61.3 Å². The van der Waals surface area contributed by atoms with Crippen molar-refractivity contribution in [1.29, 1.82) is 0 Å². The normalized spacial score (nSPS) is 17.4. The van der Waals surface area contributed by atoms with Crippen molar-refractivity contribution < 1.29 is 9.90 Å². The molecule has 6 heteroatoms. The van der Waals surface area contributed by atoms with Gasteiger partial charge < -0.3 is 20.2 Å². The molecule has 1 aromatic carbocycles. The number of amides is 2. The smallest absolute Gasteiger partial charge is 0.321 e. The number of carbonyl (C=O) groups excluding carboxylic acids is 1. The fraction of sp³-hybridized carbons (Fsp3) is 0.588. The highest BCUT2D eigenvalue weighted by Gasteiger charge is 2.35. The third-order valence-corrected chi connectivity index (χ3v) is 4.93. The van der Waals surface area contributed by atoms with Crippen LogP contribution in [0.5, 0.6) is 0 Å². The molecular weight excluding hydrogens is 314 g/mol. The quantitative estimate of drug-likeness (QED) is 0.887. The van der Waals surface area contributed by atoms with Crippen molar-refractivity contribution in [3.05, 3.63) is 28.8 Å². The molecule has 0 bridgehead atoms. The third-order valence-electron chi connectivity index (χ3n) is 4.52. The number of aliphatic hydroxyl groups excluding tert-OH is 1. The van der Waals surface area contributed by atoms with Crippen LogP contribution in [0, 0.1) is 12.3 Å². The Balaban J connectivity index is 1.94. The van der Waals surface area contributed by atoms with E-state index in [0.29, 0.717) is 23.8 Å². The molecule has 0 unspecified atom stereocenters. The largest absolute Gasteiger partial charge is 0.396 e. The number of likely N-dealkylation sites (tertiary alicyclic amines) is 1. The van der Waals surface area contributed by atoms with Crippen LogP contribution in [0.3, 0.4) is 0 Å². The Labute approximate surface area is 143 Å². The van der Waals surface area contributed by atoms with Crippen molar-refractivity contribution >= 4 is 23.3 Å². The Morgan fingerprint density at radius 2 is 2.04 bits per heavy atom. The molecular formula is C17H26ClN3O2. The number of anilines is 1. The first-order chi connectivity index (χ1) is 10.8. The van der Waals surface area contributed by atoms with Crippen LogP contribution in [0.25, 0.3) is 0 Å². The summed E-state index contributed by atoms with van der Waals surface area (Å²) in [5.41, 5.74) is 1.59. The van der Waals surface area contributed by atoms with Crippen molar-refractivity contribution in [2.24, 2.45) is 5.41 Å². The zero-order chi connectivity index (χ0) is 17.0. The minimum absolute atomic E-state index is 0.104. The number of hydrogen-bond acceptors (Lipinski definition) is 3. The van der Waals surface area contributed by atoms with E-state index < -0.39 is 0 Å². The first kappa shape index (κ1) is 18.0. The van der Waals surface area contributed by atoms with Gasteiger partial charge in [0.15, 0.2) is 0 Å². The van der Waals surface area contributed by atoms with E-state index in [4.69, 9.17) is 11.6 Å². The van der Waals surface area contributed by atoms with Gasteiger partial charge in [0.05, 0.1) is 6.61 Å². The van der Waals surface area contributed by atoms with Crippen LogP contribution in [0.4, 0.5) is 10.5 Å². The van der Waals surface area contributed by atoms with E-state index in [1.54, 1.807) is 11.0 Å². The molecule has 1 aliphatic rings. The number of aliphatic hydroxyl groups is 1. The summed E-state index contributed by atoms with van der Waals surface area (Å²) in [4.78, 5) is 16.3. The molecule has 0 saturated carbocycles. The molecule has 23 heavy (non-hydrogen) atoms. The van der Waals surface area contributed by atoms with Gasteiger partial charge >= 0.3 is 6.03 Å². The summed E-state index contributed by atoms with van der Waals surface area (Å²) in [5, 5.41) is 13.3. The van der Waals surface area contributed by atoms with Crippen molar-refractivity contribution in [3.63, 3.8) is 0 Å². The van der Waals surface area contributed by atoms with E-state index in [9.17, 15) is 9.90 Å². The van der Waals surface area contributed by atoms with Crippen molar-refractivity contribution in [2.75, 3.05) is 45.7 Å². The second kappa shape index (κ2) is 7.51. The zero-order valence-corrected chi connectivity index (χ0v) is 14.9. The fourth-order valence-corrected chi connectivity index (χ4v) is 3.27. The summed E-state index contributed by atoms with van der Waals surface area (Å²) >= 11 is 6.09. The van der Waals surface area contributed by atoms with E-state index in [1.807, 2.05) is 33.2 Å². The lowest BCUT2D eigenvalue weighted by atomic mass is 9.79. The summed E-state index contributed by atoms with van der Waals surface area (Å²) in [7, 11) is 4.02. The highest BCUT2D eigenvalue weighted by atomic mass is 35.5. The van der Waals surface area contributed by atoms with E-state index in [1.165, 1.54) is 0 Å². The van der Waals surface area contributed by atoms with Crippen LogP contribution in [0.2, 0.25) is 5.02 Å². The molecule has 5 nitrogen and oxygen atoms in total. The van der Waals surface area contributed by atoms with E-state index in [2.05, 4.69) is 10.2 Å². The molecule has 1 aromatic rings. The Bertz CT molecular complexity index is 555. The first-order valence-electron chi connectivity index (χ1n) is 7.93. The van der Waals surface area contributed by atoms with Gasteiger partial charge in [-0.2, -0.15) is 0 Å². The van der Waals surface area contributed by atoms with Crippen molar-refractivity contribution in [2.45, 2.75) is 19.8 Å². The molecule has 2 rings (SSSR count). The number of benzene rings is 1. The number of nitrogens with zero attached hydrogens (tertiary/aromatic N) is 2. The summed E-state index contributed by atoms with van der Waals surface area (Å²) in [6.45, 7) is 4.23. The monoisotopic (exact) mass is 339 g/mol. The summed E-state index contributed by atoms with van der Waals surface area (Å²) in [5.74, 6) is 0. The number of halogens is 1. The average Bonchev–Trinajstić information content (AvgIpc) is 2.51. The van der Waals surface area contributed by atoms with E-state index in [-0.39, 0.29) is 18.1 Å². The van der Waals surface area contributed by atoms with Gasteiger partial charge in [0.1, 0.15) is 0 Å². The van der Waals surface area contributed by atoms with Gasteiger partial charge in [-0.15, -0.1) is 0 Å². The molecule has 0 aliphatic carbocycles. The average molecular weight is 340 g/mol. The van der Waals surface area contributed by atoms with Gasteiger partial charge in [-0.1, -0.05) is 17.7 Å². The zero-order valence-electron chi connectivity index (χ0n) is 14.1. The molecule has 0 radical (unpaired) electrons. The SMILES string of the molecule is Cc1ccc(NC(=O)N2CCC(CO)(CN(C)C)CC2)cc1Cl. The molecule has 1 heterocycles. The number of nitrogens with one attached hydrogen (secondary N) is 1. The maximum atomic E-state index is 12.4. The number of urea groups is 1. The maximum absolute atomic E-state index is 12.4. The predicted octanol–water partition coefficient (Wildman–Crippen LogP) is 2.82. The number of aryl methyl sites for hydroxylation is 1. The van der Waals surface area contributed by atoms with E-state index in [0.717, 1.165) is 24.9 Å². The lowest BCUT2D eigenvalue weighted by molar-refractivity contribution is 0.0358. The second-order valence-electron chi connectivity index (χ2n) is 6.78. The highest BCUT2D eigenvalue weighted by Crippen LogP contribution is 2.32. The number of rotatable bonds is 4. The van der Waals surface area contributed by atoms with Crippen molar-refractivity contribution in [3.8, 4) is 0 Å². The lowest BCUT2D eigenvalue weighted by Crippen LogP contribution is -2.49. The topological polar surface area (TPSA) is 55.8 Å². The van der Waals surface area contributed by atoms with Crippen molar-refractivity contribution in [1.82, 2.24) is 9.80 Å². The molecule has 2 N–H and O–H groups in total. The minimum Gasteiger partial charge on any atom is -0.396 e. The molecule has 1 aliphatic heterocycles. The molecule has 1 saturated heterocycles. The van der Waals surface area contributed by atoms with Crippen LogP contribution in [-0.2, 0) is 0 Å². The van der Waals surface area contributed by atoms with Crippen LogP contribution in [0.15, 0.2) is 18.2 Å². The summed E-state index contributed by atoms with van der Waals surface area (Å²) < 4.78 is 0. The standard InChI is InChI=1S/C17H26ClN3O2/c1-13-4-5-14(10-15(13)18)19-16(23)21-8-6-17(12-22,7-9-21)11-20(2)3/h4-5,10,22H,6-9,11-12H2,1-3H3,(H,19,23). The number of carbonyl (C=O) groups is 1. The van der Waals surface area contributed by atoms with Gasteiger partial charge in [-0.25, -0.2) is 4.79 Å². The molecule has 0 atom stereocenters. The fourth-order valence-electron chi connectivity index (χ4n) is 3.09. The Hall–Kier alpha value is -1.30. The predicted molar refractivity (Wildman–Crippen MR) is 94.1 cm³/mol. The van der Waals surface area contributed by atoms with Crippen LogP contribution in [0.1, 0.15) is 18.4 Å². The first-order valence-corrected chi connectivity index (χ1v) is 8.31. The Kier molecular flexibility index (Phi) is 5.89. The second-order valence-corrected chi connectivity index (χ2v) is 7.18. The van der Waals surface area contributed by atoms with Gasteiger partial charge in [0.2, 0.25) is 0 Å². The number of hydrogen-bond donors (Lipinski definition) is 2. The maximum Gasteiger partial charge on any atom is 0.321 e. The Morgan fingerprint density at radius 3 is 2.57 bits per heavy atom. The summed E-state index contributed by atoms with van der Waals surface area (Å²) in [6, 6.07) is 5.40. The van der Waals surface area contributed by atoms with Gasteiger partial charge in [0.25, 0.3) is 0 Å². The van der Waals surface area contributed by atoms with Gasteiger partial charge in [0, 0.05) is 35.8 Å². The highest BCUT2D eigenvalue weighted by molar-refractivity contribution is 6.31. The lowest BCUT2D eigenvalue weighted by Gasteiger charge is -2.42. The molecule has 2 amide bonds. The third kappa shape index (κ3) is 4.59. The van der Waals surface area contributed by atoms with Crippen LogP contribution < -0.4 is 5.32 Å². The van der Waals surface area contributed by atoms with Crippen LogP contribution >= 0.6 is 11.6 Å². The Morgan fingerprint density at radius 1 is 1.39 bits per heavy atom. The van der Waals surface area contributed by atoms with Gasteiger partial charge in [-0.3, -0.25) is 0 Å². The molecule has 0 spiro atoms.